The molecule has 0 bridgehead atoms. The Hall–Kier alpha value is -1.07. The fourth-order valence-corrected chi connectivity index (χ4v) is 1.65. The number of urea groups is 1. The summed E-state index contributed by atoms with van der Waals surface area (Å²) in [7, 11) is 0. The van der Waals surface area contributed by atoms with Crippen LogP contribution in [0.4, 0.5) is 10.5 Å². The number of aliphatic hydroxyl groups excluding tert-OH is 1. The van der Waals surface area contributed by atoms with Crippen LogP contribution < -0.4 is 10.6 Å². The molecule has 0 saturated heterocycles. The highest BCUT2D eigenvalue weighted by molar-refractivity contribution is 9.10. The lowest BCUT2D eigenvalue weighted by atomic mass is 10.0. The Labute approximate surface area is 116 Å². The first-order valence-electron chi connectivity index (χ1n) is 5.86. The van der Waals surface area contributed by atoms with Crippen LogP contribution in [0.25, 0.3) is 0 Å². The quantitative estimate of drug-likeness (QED) is 0.800. The number of aryl methyl sites for hydroxylation is 1. The minimum absolute atomic E-state index is 0.0870. The number of benzene rings is 1. The van der Waals surface area contributed by atoms with E-state index in [1.807, 2.05) is 32.0 Å². The molecule has 0 saturated carbocycles. The summed E-state index contributed by atoms with van der Waals surface area (Å²) < 4.78 is 1.00. The number of hydrogen-bond acceptors (Lipinski definition) is 2. The van der Waals surface area contributed by atoms with Crippen molar-refractivity contribution in [1.82, 2.24) is 5.32 Å². The summed E-state index contributed by atoms with van der Waals surface area (Å²) in [6.45, 7) is 5.59. The molecular weight excluding hydrogens is 296 g/mol. The van der Waals surface area contributed by atoms with Gasteiger partial charge in [0.15, 0.2) is 0 Å². The van der Waals surface area contributed by atoms with E-state index >= 15 is 0 Å². The summed E-state index contributed by atoms with van der Waals surface area (Å²) in [6.07, 6.45) is 0.663. The van der Waals surface area contributed by atoms with Gasteiger partial charge in [0.25, 0.3) is 0 Å². The maximum absolute atomic E-state index is 11.8. The van der Waals surface area contributed by atoms with Crippen molar-refractivity contribution in [1.29, 1.82) is 0 Å². The normalized spacial score (nSPS) is 13.8. The fraction of sp³-hybridized carbons (Fsp3) is 0.462. The van der Waals surface area contributed by atoms with Crippen LogP contribution in [-0.4, -0.2) is 23.3 Å². The predicted molar refractivity (Wildman–Crippen MR) is 76.8 cm³/mol. The number of rotatable bonds is 4. The fourth-order valence-electron chi connectivity index (χ4n) is 1.40. The number of carbonyl (C=O) groups excluding carboxylic acids is 1. The van der Waals surface area contributed by atoms with Crippen molar-refractivity contribution in [2.45, 2.75) is 32.7 Å². The molecule has 2 amide bonds. The van der Waals surface area contributed by atoms with E-state index in [2.05, 4.69) is 26.6 Å². The Kier molecular flexibility index (Phi) is 5.16. The summed E-state index contributed by atoms with van der Waals surface area (Å²) in [5, 5.41) is 14.7. The average Bonchev–Trinajstić information content (AvgIpc) is 2.33. The SMILES string of the molecule is CCC(C)(CO)NC(=O)Nc1ccc(Br)c(C)c1. The summed E-state index contributed by atoms with van der Waals surface area (Å²) in [5.41, 5.74) is 1.19. The van der Waals surface area contributed by atoms with Gasteiger partial charge in [-0.3, -0.25) is 0 Å². The highest BCUT2D eigenvalue weighted by atomic mass is 79.9. The molecule has 0 aliphatic rings. The molecule has 0 heterocycles. The summed E-state index contributed by atoms with van der Waals surface area (Å²) in [5.74, 6) is 0. The molecule has 1 aromatic carbocycles. The van der Waals surface area contributed by atoms with Gasteiger partial charge in [0, 0.05) is 10.2 Å². The molecule has 0 fully saturated rings. The third-order valence-corrected chi connectivity index (χ3v) is 3.85. The van der Waals surface area contributed by atoms with Crippen molar-refractivity contribution in [3.05, 3.63) is 28.2 Å². The van der Waals surface area contributed by atoms with Crippen LogP contribution >= 0.6 is 15.9 Å². The number of halogens is 1. The largest absolute Gasteiger partial charge is 0.394 e. The first kappa shape index (κ1) is 15.0. The van der Waals surface area contributed by atoms with Gasteiger partial charge in [-0.05, 0) is 44.0 Å². The smallest absolute Gasteiger partial charge is 0.319 e. The average molecular weight is 315 g/mol. The molecular formula is C13H19BrN2O2. The van der Waals surface area contributed by atoms with Crippen LogP contribution in [0.3, 0.4) is 0 Å². The Balaban J connectivity index is 2.67. The highest BCUT2D eigenvalue weighted by Gasteiger charge is 2.23. The van der Waals surface area contributed by atoms with Gasteiger partial charge in [0.1, 0.15) is 0 Å². The second kappa shape index (κ2) is 6.20. The zero-order valence-corrected chi connectivity index (χ0v) is 12.5. The van der Waals surface area contributed by atoms with Crippen LogP contribution in [-0.2, 0) is 0 Å². The highest BCUT2D eigenvalue weighted by Crippen LogP contribution is 2.20. The molecule has 100 valence electrons. The van der Waals surface area contributed by atoms with Gasteiger partial charge >= 0.3 is 6.03 Å². The lowest BCUT2D eigenvalue weighted by Gasteiger charge is -2.27. The molecule has 0 spiro atoms. The first-order chi connectivity index (χ1) is 8.40. The van der Waals surface area contributed by atoms with Gasteiger partial charge in [-0.2, -0.15) is 0 Å². The van der Waals surface area contributed by atoms with Gasteiger partial charge < -0.3 is 15.7 Å². The van der Waals surface area contributed by atoms with Crippen LogP contribution in [0.15, 0.2) is 22.7 Å². The van der Waals surface area contributed by atoms with Crippen molar-refractivity contribution < 1.29 is 9.90 Å². The molecule has 1 aromatic rings. The van der Waals surface area contributed by atoms with E-state index in [0.29, 0.717) is 6.42 Å². The second-order valence-electron chi connectivity index (χ2n) is 4.62. The van der Waals surface area contributed by atoms with E-state index in [1.54, 1.807) is 6.92 Å². The Morgan fingerprint density at radius 2 is 2.17 bits per heavy atom. The molecule has 1 rings (SSSR count). The van der Waals surface area contributed by atoms with Crippen LogP contribution in [0, 0.1) is 6.92 Å². The Morgan fingerprint density at radius 1 is 1.50 bits per heavy atom. The van der Waals surface area contributed by atoms with Crippen molar-refractivity contribution in [3.63, 3.8) is 0 Å². The number of carbonyl (C=O) groups is 1. The molecule has 0 radical (unpaired) electrons. The minimum Gasteiger partial charge on any atom is -0.394 e. The van der Waals surface area contributed by atoms with Crippen molar-refractivity contribution in [2.24, 2.45) is 0 Å². The number of aliphatic hydroxyl groups is 1. The van der Waals surface area contributed by atoms with Crippen LogP contribution in [0.2, 0.25) is 0 Å². The van der Waals surface area contributed by atoms with Crippen LogP contribution in [0.1, 0.15) is 25.8 Å². The molecule has 1 atom stereocenters. The van der Waals surface area contributed by atoms with E-state index in [-0.39, 0.29) is 12.6 Å². The van der Waals surface area contributed by atoms with Crippen molar-refractivity contribution >= 4 is 27.6 Å². The zero-order chi connectivity index (χ0) is 13.8. The van der Waals surface area contributed by atoms with E-state index in [0.717, 1.165) is 15.7 Å². The molecule has 0 aromatic heterocycles. The number of nitrogens with one attached hydrogen (secondary N) is 2. The second-order valence-corrected chi connectivity index (χ2v) is 5.47. The predicted octanol–water partition coefficient (Wildman–Crippen LogP) is 3.04. The zero-order valence-electron chi connectivity index (χ0n) is 10.9. The molecule has 1 unspecified atom stereocenters. The van der Waals surface area contributed by atoms with E-state index < -0.39 is 5.54 Å². The van der Waals surface area contributed by atoms with Gasteiger partial charge in [-0.1, -0.05) is 22.9 Å². The van der Waals surface area contributed by atoms with E-state index in [1.165, 1.54) is 0 Å². The molecule has 5 heteroatoms. The lowest BCUT2D eigenvalue weighted by molar-refractivity contribution is 0.172. The maximum Gasteiger partial charge on any atom is 0.319 e. The third kappa shape index (κ3) is 3.99. The van der Waals surface area contributed by atoms with E-state index in [9.17, 15) is 9.90 Å². The summed E-state index contributed by atoms with van der Waals surface area (Å²) in [4.78, 5) is 11.8. The van der Waals surface area contributed by atoms with Crippen molar-refractivity contribution in [3.8, 4) is 0 Å². The molecule has 0 aliphatic carbocycles. The van der Waals surface area contributed by atoms with E-state index in [4.69, 9.17) is 0 Å². The minimum atomic E-state index is -0.589. The topological polar surface area (TPSA) is 61.4 Å². The van der Waals surface area contributed by atoms with Gasteiger partial charge in [0.05, 0.1) is 12.1 Å². The molecule has 0 aliphatic heterocycles. The van der Waals surface area contributed by atoms with Gasteiger partial charge in [-0.25, -0.2) is 4.79 Å². The molecule has 18 heavy (non-hydrogen) atoms. The summed E-state index contributed by atoms with van der Waals surface area (Å²) >= 11 is 3.41. The standard InChI is InChI=1S/C13H19BrN2O2/c1-4-13(3,8-17)16-12(18)15-10-5-6-11(14)9(2)7-10/h5-7,17H,4,8H2,1-3H3,(H2,15,16,18). The van der Waals surface area contributed by atoms with Crippen molar-refractivity contribution in [2.75, 3.05) is 11.9 Å². The first-order valence-corrected chi connectivity index (χ1v) is 6.65. The van der Waals surface area contributed by atoms with Gasteiger partial charge in [-0.15, -0.1) is 0 Å². The monoisotopic (exact) mass is 314 g/mol. The Bertz CT molecular complexity index is 431. The number of amides is 2. The molecule has 3 N–H and O–H groups in total. The third-order valence-electron chi connectivity index (χ3n) is 2.96. The summed E-state index contributed by atoms with van der Waals surface area (Å²) in [6, 6.07) is 5.27. The molecule has 4 nitrogen and oxygen atoms in total. The van der Waals surface area contributed by atoms with Crippen LogP contribution in [0.5, 0.6) is 0 Å². The van der Waals surface area contributed by atoms with Gasteiger partial charge in [0.2, 0.25) is 0 Å². The number of anilines is 1. The lowest BCUT2D eigenvalue weighted by Crippen LogP contribution is -2.50. The Morgan fingerprint density at radius 3 is 2.67 bits per heavy atom. The maximum atomic E-state index is 11.8. The number of hydrogen-bond donors (Lipinski definition) is 3.